The first-order valence-electron chi connectivity index (χ1n) is 10.4. The average molecular weight is 461 g/mol. The Morgan fingerprint density at radius 2 is 1.76 bits per heavy atom. The fourth-order valence-corrected chi connectivity index (χ4v) is 3.50. The number of hydrogen-bond donors (Lipinski definition) is 2. The Labute approximate surface area is 195 Å². The SMILES string of the molecule is COc1ccc(-c2coc3cc(OCC(=O)NCc4ccccc4OC)cc(O)c3c2=O)cc1. The second kappa shape index (κ2) is 9.99. The number of carbonyl (C=O) groups is 1. The van der Waals surface area contributed by atoms with Crippen molar-refractivity contribution in [1.82, 2.24) is 5.32 Å². The lowest BCUT2D eigenvalue weighted by atomic mass is 10.0. The molecule has 0 fully saturated rings. The third-order valence-electron chi connectivity index (χ3n) is 5.27. The zero-order chi connectivity index (χ0) is 24.1. The smallest absolute Gasteiger partial charge is 0.258 e. The van der Waals surface area contributed by atoms with Gasteiger partial charge < -0.3 is 29.1 Å². The molecule has 34 heavy (non-hydrogen) atoms. The molecule has 0 saturated heterocycles. The zero-order valence-electron chi connectivity index (χ0n) is 18.7. The van der Waals surface area contributed by atoms with Gasteiger partial charge in [-0.25, -0.2) is 0 Å². The zero-order valence-corrected chi connectivity index (χ0v) is 18.7. The summed E-state index contributed by atoms with van der Waals surface area (Å²) in [5.74, 6) is 0.864. The van der Waals surface area contributed by atoms with E-state index in [2.05, 4.69) is 5.32 Å². The number of fused-ring (bicyclic) bond motifs is 1. The first kappa shape index (κ1) is 22.7. The van der Waals surface area contributed by atoms with Gasteiger partial charge in [-0.3, -0.25) is 9.59 Å². The maximum Gasteiger partial charge on any atom is 0.258 e. The van der Waals surface area contributed by atoms with Crippen molar-refractivity contribution >= 4 is 16.9 Å². The molecule has 0 saturated carbocycles. The van der Waals surface area contributed by atoms with Crippen LogP contribution in [0.4, 0.5) is 0 Å². The van der Waals surface area contributed by atoms with E-state index in [-0.39, 0.29) is 47.0 Å². The Balaban J connectivity index is 1.47. The molecule has 174 valence electrons. The lowest BCUT2D eigenvalue weighted by molar-refractivity contribution is -0.123. The van der Waals surface area contributed by atoms with E-state index in [0.717, 1.165) is 5.56 Å². The van der Waals surface area contributed by atoms with Crippen molar-refractivity contribution in [3.05, 3.63) is 82.7 Å². The number of aromatic hydroxyl groups is 1. The van der Waals surface area contributed by atoms with Crippen molar-refractivity contribution in [1.29, 1.82) is 0 Å². The van der Waals surface area contributed by atoms with Gasteiger partial charge >= 0.3 is 0 Å². The number of methoxy groups -OCH3 is 2. The van der Waals surface area contributed by atoms with E-state index in [4.69, 9.17) is 18.6 Å². The predicted molar refractivity (Wildman–Crippen MR) is 126 cm³/mol. The number of hydrogen-bond acceptors (Lipinski definition) is 7. The molecular formula is C26H23NO7. The Hall–Kier alpha value is -4.46. The Morgan fingerprint density at radius 3 is 2.50 bits per heavy atom. The molecule has 0 unspecified atom stereocenters. The molecule has 4 aromatic rings. The van der Waals surface area contributed by atoms with Crippen LogP contribution in [0.5, 0.6) is 23.0 Å². The number of phenolic OH excluding ortho intramolecular Hbond substituents is 1. The predicted octanol–water partition coefficient (Wildman–Crippen LogP) is 3.88. The highest BCUT2D eigenvalue weighted by molar-refractivity contribution is 5.88. The van der Waals surface area contributed by atoms with Crippen LogP contribution in [-0.2, 0) is 11.3 Å². The molecule has 1 amide bonds. The fraction of sp³-hybridized carbons (Fsp3) is 0.154. The molecule has 2 N–H and O–H groups in total. The molecule has 1 aromatic heterocycles. The van der Waals surface area contributed by atoms with Crippen LogP contribution >= 0.6 is 0 Å². The van der Waals surface area contributed by atoms with Gasteiger partial charge in [-0.1, -0.05) is 30.3 Å². The van der Waals surface area contributed by atoms with Crippen molar-refractivity contribution in [3.8, 4) is 34.1 Å². The number of amides is 1. The van der Waals surface area contributed by atoms with Gasteiger partial charge in [-0.2, -0.15) is 0 Å². The van der Waals surface area contributed by atoms with Gasteiger partial charge in [-0.05, 0) is 23.8 Å². The van der Waals surface area contributed by atoms with Crippen molar-refractivity contribution < 1.29 is 28.5 Å². The number of phenols is 1. The highest BCUT2D eigenvalue weighted by Crippen LogP contribution is 2.30. The summed E-state index contributed by atoms with van der Waals surface area (Å²) in [6.45, 7) is -0.00749. The standard InChI is InChI=1S/C26H23NO7/c1-31-18-9-7-16(8-10-18)20-14-34-23-12-19(11-21(28)25(23)26(20)30)33-15-24(29)27-13-17-5-3-4-6-22(17)32-2/h3-12,14,28H,13,15H2,1-2H3,(H,27,29). The summed E-state index contributed by atoms with van der Waals surface area (Å²) in [6.07, 6.45) is 1.33. The number of carbonyl (C=O) groups excluding carboxylic acids is 1. The average Bonchev–Trinajstić information content (AvgIpc) is 2.86. The molecule has 0 bridgehead atoms. The fourth-order valence-electron chi connectivity index (χ4n) is 3.50. The number of benzene rings is 3. The van der Waals surface area contributed by atoms with Gasteiger partial charge in [0, 0.05) is 24.2 Å². The minimum Gasteiger partial charge on any atom is -0.507 e. The van der Waals surface area contributed by atoms with E-state index in [1.54, 1.807) is 38.5 Å². The maximum atomic E-state index is 13.0. The van der Waals surface area contributed by atoms with Gasteiger partial charge in [0.1, 0.15) is 40.2 Å². The third kappa shape index (κ3) is 4.80. The van der Waals surface area contributed by atoms with E-state index in [0.29, 0.717) is 22.6 Å². The van der Waals surface area contributed by atoms with Crippen LogP contribution in [-0.4, -0.2) is 31.8 Å². The lowest BCUT2D eigenvalue weighted by Gasteiger charge is -2.11. The Morgan fingerprint density at radius 1 is 1.00 bits per heavy atom. The summed E-state index contributed by atoms with van der Waals surface area (Å²) in [5, 5.41) is 13.3. The molecule has 8 heteroatoms. The van der Waals surface area contributed by atoms with E-state index in [1.165, 1.54) is 18.4 Å². The molecule has 0 aliphatic heterocycles. The van der Waals surface area contributed by atoms with Crippen LogP contribution in [0.15, 0.2) is 76.1 Å². The Kier molecular flexibility index (Phi) is 6.68. The van der Waals surface area contributed by atoms with Crippen molar-refractivity contribution in [3.63, 3.8) is 0 Å². The molecule has 0 spiro atoms. The summed E-state index contributed by atoms with van der Waals surface area (Å²) < 4.78 is 21.5. The van der Waals surface area contributed by atoms with Gasteiger partial charge in [-0.15, -0.1) is 0 Å². The minimum atomic E-state index is -0.384. The molecule has 0 atom stereocenters. The summed E-state index contributed by atoms with van der Waals surface area (Å²) in [4.78, 5) is 25.2. The van der Waals surface area contributed by atoms with Crippen LogP contribution < -0.4 is 25.0 Å². The first-order valence-corrected chi connectivity index (χ1v) is 10.4. The lowest BCUT2D eigenvalue weighted by Crippen LogP contribution is -2.28. The normalized spacial score (nSPS) is 10.6. The first-order chi connectivity index (χ1) is 16.5. The van der Waals surface area contributed by atoms with Crippen LogP contribution in [0.3, 0.4) is 0 Å². The monoisotopic (exact) mass is 461 g/mol. The number of rotatable bonds is 8. The van der Waals surface area contributed by atoms with Crippen LogP contribution in [0.25, 0.3) is 22.1 Å². The molecule has 8 nitrogen and oxygen atoms in total. The van der Waals surface area contributed by atoms with Crippen LogP contribution in [0.1, 0.15) is 5.56 Å². The highest BCUT2D eigenvalue weighted by Gasteiger charge is 2.15. The van der Waals surface area contributed by atoms with Crippen molar-refractivity contribution in [2.24, 2.45) is 0 Å². The van der Waals surface area contributed by atoms with Crippen LogP contribution in [0, 0.1) is 0 Å². The summed E-state index contributed by atoms with van der Waals surface area (Å²) >= 11 is 0. The van der Waals surface area contributed by atoms with Crippen LogP contribution in [0.2, 0.25) is 0 Å². The van der Waals surface area contributed by atoms with Gasteiger partial charge in [0.05, 0.1) is 19.8 Å². The minimum absolute atomic E-state index is 0.0290. The topological polar surface area (TPSA) is 107 Å². The largest absolute Gasteiger partial charge is 0.507 e. The molecule has 1 heterocycles. The quantitative estimate of drug-likeness (QED) is 0.410. The molecule has 0 aliphatic carbocycles. The van der Waals surface area contributed by atoms with Gasteiger partial charge in [0.2, 0.25) is 5.43 Å². The molecular weight excluding hydrogens is 438 g/mol. The summed E-state index contributed by atoms with van der Waals surface area (Å²) in [7, 11) is 3.12. The van der Waals surface area contributed by atoms with Crippen molar-refractivity contribution in [2.75, 3.05) is 20.8 Å². The Bertz CT molecular complexity index is 1380. The van der Waals surface area contributed by atoms with E-state index < -0.39 is 0 Å². The van der Waals surface area contributed by atoms with Crippen molar-refractivity contribution in [2.45, 2.75) is 6.54 Å². The molecule has 3 aromatic carbocycles. The van der Waals surface area contributed by atoms with Gasteiger partial charge in [0.25, 0.3) is 5.91 Å². The molecule has 0 aliphatic rings. The number of para-hydroxylation sites is 1. The van der Waals surface area contributed by atoms with E-state index >= 15 is 0 Å². The second-order valence-corrected chi connectivity index (χ2v) is 7.40. The summed E-state index contributed by atoms with van der Waals surface area (Å²) in [5.41, 5.74) is 1.52. The molecule has 0 radical (unpaired) electrons. The second-order valence-electron chi connectivity index (χ2n) is 7.40. The highest BCUT2D eigenvalue weighted by atomic mass is 16.5. The van der Waals surface area contributed by atoms with E-state index in [1.807, 2.05) is 24.3 Å². The third-order valence-corrected chi connectivity index (χ3v) is 5.27. The summed E-state index contributed by atoms with van der Waals surface area (Å²) in [6, 6.07) is 17.0. The van der Waals surface area contributed by atoms with E-state index in [9.17, 15) is 14.7 Å². The molecule has 4 rings (SSSR count). The number of nitrogens with one attached hydrogen (secondary N) is 1. The number of ether oxygens (including phenoxy) is 3. The van der Waals surface area contributed by atoms with Gasteiger partial charge in [0.15, 0.2) is 6.61 Å². The maximum absolute atomic E-state index is 13.0.